The minimum absolute atomic E-state index is 0.0678. The Bertz CT molecular complexity index is 1570. The lowest BCUT2D eigenvalue weighted by Gasteiger charge is -2.13. The van der Waals surface area contributed by atoms with E-state index in [9.17, 15) is 13.2 Å². The lowest BCUT2D eigenvalue weighted by molar-refractivity contribution is 0.495. The highest BCUT2D eigenvalue weighted by Gasteiger charge is 2.32. The second kappa shape index (κ2) is 10.9. The van der Waals surface area contributed by atoms with Crippen molar-refractivity contribution in [2.24, 2.45) is 0 Å². The first-order valence-corrected chi connectivity index (χ1v) is 13.3. The third-order valence-electron chi connectivity index (χ3n) is 7.48. The van der Waals surface area contributed by atoms with Gasteiger partial charge in [-0.3, -0.25) is 0 Å². The minimum atomic E-state index is -1.35. The third kappa shape index (κ3) is 4.86. The topological polar surface area (TPSA) is 0 Å². The maximum atomic E-state index is 15.3. The van der Waals surface area contributed by atoms with Crippen molar-refractivity contribution < 1.29 is 26.3 Å². The summed E-state index contributed by atoms with van der Waals surface area (Å²) in [6.07, 6.45) is 4.79. The largest absolute Gasteiger partial charge is 0.206 e. The second-order valence-electron chi connectivity index (χ2n) is 10.2. The average molecular weight is 539 g/mol. The van der Waals surface area contributed by atoms with Crippen LogP contribution in [0.5, 0.6) is 0 Å². The Morgan fingerprint density at radius 1 is 0.564 bits per heavy atom. The fourth-order valence-electron chi connectivity index (χ4n) is 5.52. The van der Waals surface area contributed by atoms with Crippen LogP contribution in [-0.4, -0.2) is 0 Å². The molecule has 0 amide bonds. The van der Waals surface area contributed by atoms with Crippen LogP contribution in [0, 0.1) is 34.9 Å². The van der Waals surface area contributed by atoms with Crippen LogP contribution < -0.4 is 0 Å². The number of aryl methyl sites for hydroxylation is 2. The molecule has 0 bridgehead atoms. The van der Waals surface area contributed by atoms with Gasteiger partial charge in [-0.2, -0.15) is 0 Å². The molecular formula is C33H28F6. The Balaban J connectivity index is 1.51. The number of unbranched alkanes of at least 4 members (excludes halogenated alkanes) is 2. The van der Waals surface area contributed by atoms with E-state index in [0.29, 0.717) is 18.4 Å². The van der Waals surface area contributed by atoms with Crippen molar-refractivity contribution in [2.45, 2.75) is 58.8 Å². The van der Waals surface area contributed by atoms with Gasteiger partial charge in [0.1, 0.15) is 11.6 Å². The van der Waals surface area contributed by atoms with E-state index in [1.165, 1.54) is 30.3 Å². The lowest BCUT2D eigenvalue weighted by Crippen LogP contribution is -2.01. The van der Waals surface area contributed by atoms with Crippen LogP contribution in [0.25, 0.3) is 33.4 Å². The molecule has 0 heterocycles. The maximum Gasteiger partial charge on any atom is 0.167 e. The molecule has 0 N–H and O–H groups in total. The molecule has 0 aromatic heterocycles. The molecule has 4 aromatic carbocycles. The minimum Gasteiger partial charge on any atom is -0.206 e. The zero-order chi connectivity index (χ0) is 27.8. The number of hydrogen-bond acceptors (Lipinski definition) is 0. The predicted molar refractivity (Wildman–Crippen MR) is 143 cm³/mol. The van der Waals surface area contributed by atoms with Gasteiger partial charge in [-0.05, 0) is 71.7 Å². The summed E-state index contributed by atoms with van der Waals surface area (Å²) in [6, 6.07) is 11.5. The highest BCUT2D eigenvalue weighted by atomic mass is 19.2. The summed E-state index contributed by atoms with van der Waals surface area (Å²) in [6.45, 7) is 3.92. The van der Waals surface area contributed by atoms with E-state index < -0.39 is 34.9 Å². The summed E-state index contributed by atoms with van der Waals surface area (Å²) in [4.78, 5) is 0. The molecule has 0 aliphatic heterocycles. The number of fused-ring (bicyclic) bond motifs is 3. The van der Waals surface area contributed by atoms with E-state index in [1.54, 1.807) is 12.1 Å². The number of benzene rings is 4. The molecule has 6 heteroatoms. The Kier molecular flexibility index (Phi) is 7.57. The Labute approximate surface area is 224 Å². The summed E-state index contributed by atoms with van der Waals surface area (Å²) in [5, 5.41) is 0. The molecule has 0 saturated carbocycles. The molecule has 0 atom stereocenters. The molecule has 0 spiro atoms. The molecule has 4 aromatic rings. The fourth-order valence-corrected chi connectivity index (χ4v) is 5.52. The maximum absolute atomic E-state index is 15.3. The van der Waals surface area contributed by atoms with E-state index in [2.05, 4.69) is 6.92 Å². The van der Waals surface area contributed by atoms with E-state index in [-0.39, 0.29) is 50.9 Å². The zero-order valence-electron chi connectivity index (χ0n) is 21.8. The first kappa shape index (κ1) is 27.0. The molecule has 1 aliphatic carbocycles. The van der Waals surface area contributed by atoms with Crippen LogP contribution in [0.4, 0.5) is 26.3 Å². The van der Waals surface area contributed by atoms with Crippen LogP contribution in [0.1, 0.15) is 61.8 Å². The number of rotatable bonds is 8. The molecule has 0 nitrogen and oxygen atoms in total. The van der Waals surface area contributed by atoms with E-state index in [0.717, 1.165) is 37.3 Å². The molecule has 0 saturated heterocycles. The normalized spacial score (nSPS) is 12.1. The van der Waals surface area contributed by atoms with Crippen LogP contribution in [0.15, 0.2) is 48.5 Å². The molecule has 39 heavy (non-hydrogen) atoms. The van der Waals surface area contributed by atoms with Gasteiger partial charge in [0.05, 0.1) is 0 Å². The summed E-state index contributed by atoms with van der Waals surface area (Å²) in [5.41, 5.74) is 0.987. The monoisotopic (exact) mass is 538 g/mol. The standard InChI is InChI=1S/C33H28F6/c1-3-5-6-8-18-9-11-23(26(34)13-18)19-10-12-24(27(35)17-19)25-16-22-15-21-14-20(7-4-2)30(36)32(38)28(21)29(22)33(39)31(25)37/h9-14,16-17H,3-8,15H2,1-2H3. The average Bonchev–Trinajstić information content (AvgIpc) is 3.28. The summed E-state index contributed by atoms with van der Waals surface area (Å²) in [7, 11) is 0. The van der Waals surface area contributed by atoms with Crippen molar-refractivity contribution in [3.8, 4) is 33.4 Å². The molecule has 1 aliphatic rings. The van der Waals surface area contributed by atoms with Crippen molar-refractivity contribution in [3.05, 3.63) is 106 Å². The van der Waals surface area contributed by atoms with Crippen molar-refractivity contribution in [1.29, 1.82) is 0 Å². The summed E-state index contributed by atoms with van der Waals surface area (Å²) < 4.78 is 90.3. The van der Waals surface area contributed by atoms with Gasteiger partial charge in [0, 0.05) is 27.8 Å². The molecular weight excluding hydrogens is 510 g/mol. The molecule has 5 rings (SSSR count). The first-order chi connectivity index (χ1) is 18.7. The van der Waals surface area contributed by atoms with Crippen LogP contribution in [0.3, 0.4) is 0 Å². The second-order valence-corrected chi connectivity index (χ2v) is 10.2. The van der Waals surface area contributed by atoms with Gasteiger partial charge in [-0.25, -0.2) is 26.3 Å². The highest BCUT2D eigenvalue weighted by Crippen LogP contribution is 2.45. The van der Waals surface area contributed by atoms with Crippen molar-refractivity contribution in [3.63, 3.8) is 0 Å². The van der Waals surface area contributed by atoms with Gasteiger partial charge in [-0.15, -0.1) is 0 Å². The quantitative estimate of drug-likeness (QED) is 0.136. The Morgan fingerprint density at radius 3 is 1.90 bits per heavy atom. The lowest BCUT2D eigenvalue weighted by atomic mass is 9.94. The first-order valence-electron chi connectivity index (χ1n) is 13.3. The van der Waals surface area contributed by atoms with Gasteiger partial charge in [0.25, 0.3) is 0 Å². The smallest absolute Gasteiger partial charge is 0.167 e. The summed E-state index contributed by atoms with van der Waals surface area (Å²) >= 11 is 0. The molecule has 0 fully saturated rings. The van der Waals surface area contributed by atoms with Gasteiger partial charge >= 0.3 is 0 Å². The van der Waals surface area contributed by atoms with E-state index >= 15 is 13.2 Å². The molecule has 0 unspecified atom stereocenters. The fraction of sp³-hybridized carbons (Fsp3) is 0.273. The van der Waals surface area contributed by atoms with Gasteiger partial charge < -0.3 is 0 Å². The SMILES string of the molecule is CCCCCc1ccc(-c2ccc(-c3cc4c(c(F)c3F)-c3c(cc(CCC)c(F)c3F)C4)c(F)c2)c(F)c1. The molecule has 202 valence electrons. The van der Waals surface area contributed by atoms with Gasteiger partial charge in [0.15, 0.2) is 23.3 Å². The number of halogens is 6. The van der Waals surface area contributed by atoms with E-state index in [1.807, 2.05) is 6.92 Å². The Morgan fingerprint density at radius 2 is 1.23 bits per heavy atom. The predicted octanol–water partition coefficient (Wildman–Crippen LogP) is 10.1. The Hall–Kier alpha value is -3.54. The van der Waals surface area contributed by atoms with Crippen molar-refractivity contribution in [2.75, 3.05) is 0 Å². The highest BCUT2D eigenvalue weighted by molar-refractivity contribution is 5.82. The number of hydrogen-bond donors (Lipinski definition) is 0. The van der Waals surface area contributed by atoms with E-state index in [4.69, 9.17) is 0 Å². The summed E-state index contributed by atoms with van der Waals surface area (Å²) in [5.74, 6) is -6.30. The van der Waals surface area contributed by atoms with Crippen LogP contribution >= 0.6 is 0 Å². The zero-order valence-corrected chi connectivity index (χ0v) is 21.8. The molecule has 0 radical (unpaired) electrons. The van der Waals surface area contributed by atoms with Gasteiger partial charge in [-0.1, -0.05) is 63.4 Å². The van der Waals surface area contributed by atoms with Crippen LogP contribution in [-0.2, 0) is 19.3 Å². The van der Waals surface area contributed by atoms with Gasteiger partial charge in [0.2, 0.25) is 0 Å². The van der Waals surface area contributed by atoms with Crippen LogP contribution in [0.2, 0.25) is 0 Å². The van der Waals surface area contributed by atoms with Crippen molar-refractivity contribution in [1.82, 2.24) is 0 Å². The third-order valence-corrected chi connectivity index (χ3v) is 7.48. The van der Waals surface area contributed by atoms with Crippen molar-refractivity contribution >= 4 is 0 Å².